The van der Waals surface area contributed by atoms with E-state index in [0.29, 0.717) is 11.6 Å². The first-order valence-corrected chi connectivity index (χ1v) is 8.47. The number of hydrogen-bond acceptors (Lipinski definition) is 3. The average Bonchev–Trinajstić information content (AvgIpc) is 3.04. The zero-order valence-corrected chi connectivity index (χ0v) is 13.9. The number of para-hydroxylation sites is 1. The van der Waals surface area contributed by atoms with Gasteiger partial charge < -0.3 is 15.2 Å². The molecule has 0 aromatic heterocycles. The summed E-state index contributed by atoms with van der Waals surface area (Å²) in [4.78, 5) is 11.5. The molecule has 0 saturated carbocycles. The molecule has 0 bridgehead atoms. The molecule has 1 heterocycles. The number of carbonyl (C=O) groups is 1. The van der Waals surface area contributed by atoms with Crippen LogP contribution in [0.25, 0.3) is 0 Å². The minimum atomic E-state index is -1.13. The topological polar surface area (TPSA) is 52.2 Å². The standard InChI is InChI=1S/C19H16BrNO2/c20-12-9-7-11(8-10-12)17-14-4-1-3-13(14)15-5-2-6-16(19(22)23)18(15)21-17/h1-3,5-10,13-14,17,21H,4H2,(H,22,23)/p-1/t13-,14+,17+/m0/s1. The molecular weight excluding hydrogens is 354 g/mol. The van der Waals surface area contributed by atoms with Gasteiger partial charge in [0.05, 0.1) is 12.0 Å². The number of carbonyl (C=O) groups excluding carboxylic acids is 1. The van der Waals surface area contributed by atoms with Crippen molar-refractivity contribution in [2.24, 2.45) is 5.92 Å². The Kier molecular flexibility index (Phi) is 3.49. The average molecular weight is 369 g/mol. The number of hydrogen-bond donors (Lipinski definition) is 1. The Labute approximate surface area is 143 Å². The van der Waals surface area contributed by atoms with Crippen LogP contribution in [0.4, 0.5) is 5.69 Å². The van der Waals surface area contributed by atoms with E-state index in [4.69, 9.17) is 0 Å². The van der Waals surface area contributed by atoms with E-state index >= 15 is 0 Å². The smallest absolute Gasteiger partial charge is 0.0736 e. The minimum absolute atomic E-state index is 0.0936. The second-order valence-electron chi connectivity index (χ2n) is 6.08. The maximum atomic E-state index is 11.5. The quantitative estimate of drug-likeness (QED) is 0.823. The Hall–Kier alpha value is -2.07. The summed E-state index contributed by atoms with van der Waals surface area (Å²) in [6.07, 6.45) is 5.40. The van der Waals surface area contributed by atoms with E-state index in [1.807, 2.05) is 18.2 Å². The minimum Gasteiger partial charge on any atom is -0.545 e. The fourth-order valence-corrected chi connectivity index (χ4v) is 4.06. The van der Waals surface area contributed by atoms with Crippen molar-refractivity contribution >= 4 is 27.6 Å². The Morgan fingerprint density at radius 2 is 1.96 bits per heavy atom. The monoisotopic (exact) mass is 368 g/mol. The molecule has 23 heavy (non-hydrogen) atoms. The summed E-state index contributed by atoms with van der Waals surface area (Å²) in [7, 11) is 0. The Balaban J connectivity index is 1.83. The van der Waals surface area contributed by atoms with Crippen LogP contribution in [0, 0.1) is 5.92 Å². The van der Waals surface area contributed by atoms with Crippen molar-refractivity contribution in [2.45, 2.75) is 18.4 Å². The number of allylic oxidation sites excluding steroid dienone is 2. The number of anilines is 1. The van der Waals surface area contributed by atoms with Gasteiger partial charge in [-0.15, -0.1) is 0 Å². The molecule has 3 nitrogen and oxygen atoms in total. The summed E-state index contributed by atoms with van der Waals surface area (Å²) in [5, 5.41) is 15.0. The van der Waals surface area contributed by atoms with Gasteiger partial charge in [-0.25, -0.2) is 0 Å². The number of rotatable bonds is 2. The number of nitrogens with one attached hydrogen (secondary N) is 1. The van der Waals surface area contributed by atoms with Gasteiger partial charge in [-0.2, -0.15) is 0 Å². The fraction of sp³-hybridized carbons (Fsp3) is 0.211. The Bertz CT molecular complexity index is 798. The summed E-state index contributed by atoms with van der Waals surface area (Å²) in [5.41, 5.74) is 3.17. The van der Waals surface area contributed by atoms with Crippen molar-refractivity contribution in [1.82, 2.24) is 0 Å². The van der Waals surface area contributed by atoms with Crippen molar-refractivity contribution in [2.75, 3.05) is 5.32 Å². The number of fused-ring (bicyclic) bond motifs is 3. The Morgan fingerprint density at radius 1 is 1.17 bits per heavy atom. The largest absolute Gasteiger partial charge is 0.545 e. The highest BCUT2D eigenvalue weighted by Gasteiger charge is 2.38. The lowest BCUT2D eigenvalue weighted by molar-refractivity contribution is -0.254. The maximum absolute atomic E-state index is 11.5. The molecule has 0 fully saturated rings. The molecular formula is C19H15BrNO2-. The van der Waals surface area contributed by atoms with Gasteiger partial charge in [-0.3, -0.25) is 0 Å². The lowest BCUT2D eigenvalue weighted by atomic mass is 9.76. The highest BCUT2D eigenvalue weighted by atomic mass is 79.9. The van der Waals surface area contributed by atoms with E-state index in [-0.39, 0.29) is 17.5 Å². The van der Waals surface area contributed by atoms with Gasteiger partial charge >= 0.3 is 0 Å². The van der Waals surface area contributed by atoms with Crippen molar-refractivity contribution in [3.63, 3.8) is 0 Å². The molecule has 2 aliphatic rings. The summed E-state index contributed by atoms with van der Waals surface area (Å²) >= 11 is 3.46. The van der Waals surface area contributed by atoms with Gasteiger partial charge in [-0.1, -0.05) is 58.4 Å². The van der Waals surface area contributed by atoms with E-state index in [9.17, 15) is 9.90 Å². The van der Waals surface area contributed by atoms with Crippen molar-refractivity contribution < 1.29 is 9.90 Å². The van der Waals surface area contributed by atoms with Crippen LogP contribution in [0.1, 0.15) is 39.9 Å². The third-order valence-electron chi connectivity index (χ3n) is 4.85. The summed E-state index contributed by atoms with van der Waals surface area (Å²) in [6.45, 7) is 0. The highest BCUT2D eigenvalue weighted by molar-refractivity contribution is 9.10. The number of carboxylic acid groups (broad SMARTS) is 1. The first-order chi connectivity index (χ1) is 11.1. The summed E-state index contributed by atoms with van der Waals surface area (Å²) in [6, 6.07) is 13.7. The predicted octanol–water partition coefficient (Wildman–Crippen LogP) is 3.64. The predicted molar refractivity (Wildman–Crippen MR) is 91.3 cm³/mol. The molecule has 116 valence electrons. The fourth-order valence-electron chi connectivity index (χ4n) is 3.79. The van der Waals surface area contributed by atoms with Crippen LogP contribution in [0.15, 0.2) is 59.1 Å². The molecule has 2 aromatic rings. The van der Waals surface area contributed by atoms with Crippen molar-refractivity contribution in [3.8, 4) is 0 Å². The van der Waals surface area contributed by atoms with E-state index < -0.39 is 5.97 Å². The molecule has 0 unspecified atom stereocenters. The lowest BCUT2D eigenvalue weighted by Crippen LogP contribution is -2.32. The van der Waals surface area contributed by atoms with E-state index in [2.05, 4.69) is 45.5 Å². The van der Waals surface area contributed by atoms with Crippen LogP contribution >= 0.6 is 15.9 Å². The molecule has 1 aliphatic carbocycles. The van der Waals surface area contributed by atoms with Crippen LogP contribution in [0.2, 0.25) is 0 Å². The maximum Gasteiger partial charge on any atom is 0.0736 e. The van der Waals surface area contributed by atoms with Gasteiger partial charge in [-0.05, 0) is 35.6 Å². The van der Waals surface area contributed by atoms with Crippen LogP contribution in [0.3, 0.4) is 0 Å². The van der Waals surface area contributed by atoms with E-state index in [1.165, 1.54) is 5.56 Å². The first-order valence-electron chi connectivity index (χ1n) is 7.68. The molecule has 0 spiro atoms. The molecule has 3 atom stereocenters. The van der Waals surface area contributed by atoms with Crippen LogP contribution < -0.4 is 10.4 Å². The zero-order valence-electron chi connectivity index (χ0n) is 12.3. The molecule has 4 heteroatoms. The Morgan fingerprint density at radius 3 is 2.70 bits per heavy atom. The van der Waals surface area contributed by atoms with Crippen molar-refractivity contribution in [3.05, 3.63) is 75.8 Å². The SMILES string of the molecule is O=C([O-])c1cccc2c1N[C@H](c1ccc(Br)cc1)[C@@H]1CC=C[C@H]21. The van der Waals surface area contributed by atoms with Crippen LogP contribution in [-0.4, -0.2) is 5.97 Å². The lowest BCUT2D eigenvalue weighted by Gasteiger charge is -2.38. The molecule has 2 aromatic carbocycles. The summed E-state index contributed by atoms with van der Waals surface area (Å²) < 4.78 is 1.04. The van der Waals surface area contributed by atoms with E-state index in [1.54, 1.807) is 12.1 Å². The molecule has 1 aliphatic heterocycles. The number of benzene rings is 2. The van der Waals surface area contributed by atoms with Crippen molar-refractivity contribution in [1.29, 1.82) is 0 Å². The van der Waals surface area contributed by atoms with Gasteiger partial charge in [0.2, 0.25) is 0 Å². The third-order valence-corrected chi connectivity index (χ3v) is 5.37. The van der Waals surface area contributed by atoms with E-state index in [0.717, 1.165) is 16.5 Å². The molecule has 1 N–H and O–H groups in total. The molecule has 4 rings (SSSR count). The molecule has 0 radical (unpaired) electrons. The second-order valence-corrected chi connectivity index (χ2v) is 7.00. The summed E-state index contributed by atoms with van der Waals surface area (Å²) in [5.74, 6) is -0.482. The first kappa shape index (κ1) is 14.5. The second kappa shape index (κ2) is 5.53. The third kappa shape index (κ3) is 2.38. The van der Waals surface area contributed by atoms with Crippen LogP contribution in [-0.2, 0) is 0 Å². The number of halogens is 1. The number of aromatic carboxylic acids is 1. The van der Waals surface area contributed by atoms with Gasteiger partial charge in [0.1, 0.15) is 0 Å². The van der Waals surface area contributed by atoms with Gasteiger partial charge in [0, 0.05) is 21.6 Å². The number of carboxylic acids is 1. The molecule has 0 amide bonds. The molecule has 0 saturated heterocycles. The van der Waals surface area contributed by atoms with Crippen LogP contribution in [0.5, 0.6) is 0 Å². The zero-order chi connectivity index (χ0) is 16.0. The highest BCUT2D eigenvalue weighted by Crippen LogP contribution is 2.50. The normalized spacial score (nSPS) is 24.7. The van der Waals surface area contributed by atoms with Gasteiger partial charge in [0.25, 0.3) is 0 Å². The van der Waals surface area contributed by atoms with Gasteiger partial charge in [0.15, 0.2) is 0 Å².